The number of fused-ring (bicyclic) bond motifs is 1. The molecule has 5 nitrogen and oxygen atoms in total. The number of nitrogens with one attached hydrogen (secondary N) is 1. The molecule has 2 heterocycles. The molecule has 0 saturated heterocycles. The number of amides is 1. The number of aryl methyl sites for hydroxylation is 2. The Labute approximate surface area is 114 Å². The zero-order chi connectivity index (χ0) is 13.2. The minimum atomic E-state index is -0.196. The van der Waals surface area contributed by atoms with E-state index in [1.807, 2.05) is 0 Å². The SMILES string of the molecule is Nc1ccc(C(=O)Nc2nc3c(s2)CCCC3)cn1. The highest BCUT2D eigenvalue weighted by Crippen LogP contribution is 2.29. The predicted octanol–water partition coefficient (Wildman–Crippen LogP) is 2.25. The molecular formula is C13H14N4OS. The van der Waals surface area contributed by atoms with Gasteiger partial charge in [0.1, 0.15) is 5.82 Å². The molecule has 0 spiro atoms. The molecular weight excluding hydrogens is 260 g/mol. The van der Waals surface area contributed by atoms with Crippen molar-refractivity contribution in [2.75, 3.05) is 11.1 Å². The van der Waals surface area contributed by atoms with Crippen LogP contribution in [-0.4, -0.2) is 15.9 Å². The summed E-state index contributed by atoms with van der Waals surface area (Å²) in [6.45, 7) is 0. The van der Waals surface area contributed by atoms with Crippen molar-refractivity contribution in [2.24, 2.45) is 0 Å². The van der Waals surface area contributed by atoms with E-state index < -0.39 is 0 Å². The maximum atomic E-state index is 12.0. The van der Waals surface area contributed by atoms with Crippen LogP contribution in [0.5, 0.6) is 0 Å². The van der Waals surface area contributed by atoms with Crippen molar-refractivity contribution in [3.05, 3.63) is 34.5 Å². The van der Waals surface area contributed by atoms with Crippen LogP contribution >= 0.6 is 11.3 Å². The number of nitrogens with two attached hydrogens (primary N) is 1. The summed E-state index contributed by atoms with van der Waals surface area (Å²) in [5.41, 5.74) is 7.12. The van der Waals surface area contributed by atoms with Gasteiger partial charge in [-0.25, -0.2) is 9.97 Å². The molecule has 0 aliphatic heterocycles. The predicted molar refractivity (Wildman–Crippen MR) is 75.4 cm³/mol. The summed E-state index contributed by atoms with van der Waals surface area (Å²) in [5.74, 6) is 0.208. The molecule has 1 aliphatic carbocycles. The van der Waals surface area contributed by atoms with E-state index in [1.54, 1.807) is 23.5 Å². The number of carbonyl (C=O) groups is 1. The topological polar surface area (TPSA) is 80.9 Å². The number of thiazole rings is 1. The van der Waals surface area contributed by atoms with Gasteiger partial charge in [0.25, 0.3) is 5.91 Å². The minimum Gasteiger partial charge on any atom is -0.384 e. The zero-order valence-corrected chi connectivity index (χ0v) is 11.2. The van der Waals surface area contributed by atoms with E-state index in [2.05, 4.69) is 15.3 Å². The number of hydrogen-bond donors (Lipinski definition) is 2. The van der Waals surface area contributed by atoms with E-state index >= 15 is 0 Å². The minimum absolute atomic E-state index is 0.196. The molecule has 2 aromatic rings. The van der Waals surface area contributed by atoms with Crippen molar-refractivity contribution < 1.29 is 4.79 Å². The lowest BCUT2D eigenvalue weighted by Crippen LogP contribution is -2.12. The molecule has 1 aliphatic rings. The highest BCUT2D eigenvalue weighted by Gasteiger charge is 2.16. The number of hydrogen-bond acceptors (Lipinski definition) is 5. The second kappa shape index (κ2) is 4.97. The number of aromatic nitrogens is 2. The number of anilines is 2. The number of rotatable bonds is 2. The first-order valence-electron chi connectivity index (χ1n) is 6.24. The van der Waals surface area contributed by atoms with E-state index in [1.165, 1.54) is 23.9 Å². The van der Waals surface area contributed by atoms with Crippen LogP contribution in [0.4, 0.5) is 10.9 Å². The maximum Gasteiger partial charge on any atom is 0.259 e. The molecule has 0 atom stereocenters. The van der Waals surface area contributed by atoms with Crippen LogP contribution in [0.25, 0.3) is 0 Å². The Kier molecular flexibility index (Phi) is 3.16. The van der Waals surface area contributed by atoms with Gasteiger partial charge in [-0.15, -0.1) is 11.3 Å². The van der Waals surface area contributed by atoms with Crippen LogP contribution in [0.3, 0.4) is 0 Å². The first-order valence-corrected chi connectivity index (χ1v) is 7.05. The Bertz CT molecular complexity index is 582. The third kappa shape index (κ3) is 2.58. The summed E-state index contributed by atoms with van der Waals surface area (Å²) in [6, 6.07) is 3.27. The van der Waals surface area contributed by atoms with Gasteiger partial charge >= 0.3 is 0 Å². The first kappa shape index (κ1) is 12.1. The van der Waals surface area contributed by atoms with Gasteiger partial charge in [0.2, 0.25) is 0 Å². The van der Waals surface area contributed by atoms with Crippen LogP contribution in [0.2, 0.25) is 0 Å². The standard InChI is InChI=1S/C13H14N4OS/c14-11-6-5-8(7-15-11)12(18)17-13-16-9-3-1-2-4-10(9)19-13/h5-7H,1-4H2,(H2,14,15)(H,16,17,18). The molecule has 2 aromatic heterocycles. The normalized spacial score (nSPS) is 13.9. The van der Waals surface area contributed by atoms with E-state index in [4.69, 9.17) is 5.73 Å². The lowest BCUT2D eigenvalue weighted by molar-refractivity contribution is 0.102. The number of nitrogen functional groups attached to an aromatic ring is 1. The highest BCUT2D eigenvalue weighted by molar-refractivity contribution is 7.15. The van der Waals surface area contributed by atoms with Crippen LogP contribution in [0, 0.1) is 0 Å². The van der Waals surface area contributed by atoms with Crippen LogP contribution in [0.1, 0.15) is 33.8 Å². The second-order valence-corrected chi connectivity index (χ2v) is 5.61. The van der Waals surface area contributed by atoms with Gasteiger partial charge in [0, 0.05) is 11.1 Å². The van der Waals surface area contributed by atoms with Crippen LogP contribution in [-0.2, 0) is 12.8 Å². The van der Waals surface area contributed by atoms with Crippen molar-refractivity contribution in [3.8, 4) is 0 Å². The lowest BCUT2D eigenvalue weighted by atomic mass is 10.0. The largest absolute Gasteiger partial charge is 0.384 e. The van der Waals surface area contributed by atoms with Gasteiger partial charge in [-0.3, -0.25) is 10.1 Å². The second-order valence-electron chi connectivity index (χ2n) is 4.52. The molecule has 6 heteroatoms. The first-order chi connectivity index (χ1) is 9.22. The Morgan fingerprint density at radius 2 is 2.16 bits per heavy atom. The van der Waals surface area contributed by atoms with E-state index in [9.17, 15) is 4.79 Å². The van der Waals surface area contributed by atoms with Crippen molar-refractivity contribution in [1.82, 2.24) is 9.97 Å². The average molecular weight is 274 g/mol. The molecule has 3 rings (SSSR count). The Hall–Kier alpha value is -1.95. The fourth-order valence-electron chi connectivity index (χ4n) is 2.11. The van der Waals surface area contributed by atoms with Crippen LogP contribution in [0.15, 0.2) is 18.3 Å². The Morgan fingerprint density at radius 3 is 2.89 bits per heavy atom. The van der Waals surface area contributed by atoms with Crippen molar-refractivity contribution in [3.63, 3.8) is 0 Å². The van der Waals surface area contributed by atoms with Crippen molar-refractivity contribution in [2.45, 2.75) is 25.7 Å². The summed E-state index contributed by atoms with van der Waals surface area (Å²) in [5, 5.41) is 3.50. The molecule has 0 radical (unpaired) electrons. The molecule has 3 N–H and O–H groups in total. The maximum absolute atomic E-state index is 12.0. The summed E-state index contributed by atoms with van der Waals surface area (Å²) in [6.07, 6.45) is 5.96. The van der Waals surface area contributed by atoms with Gasteiger partial charge in [0.15, 0.2) is 5.13 Å². The molecule has 1 amide bonds. The fraction of sp³-hybridized carbons (Fsp3) is 0.308. The van der Waals surface area contributed by atoms with Crippen molar-refractivity contribution >= 4 is 28.2 Å². The molecule has 0 fully saturated rings. The molecule has 0 unspecified atom stereocenters. The number of nitrogens with zero attached hydrogens (tertiary/aromatic N) is 2. The van der Waals surface area contributed by atoms with Crippen molar-refractivity contribution in [1.29, 1.82) is 0 Å². The third-order valence-electron chi connectivity index (χ3n) is 3.11. The summed E-state index contributed by atoms with van der Waals surface area (Å²) in [7, 11) is 0. The molecule has 19 heavy (non-hydrogen) atoms. The van der Waals surface area contributed by atoms with Gasteiger partial charge in [0.05, 0.1) is 11.3 Å². The molecule has 0 aromatic carbocycles. The quantitative estimate of drug-likeness (QED) is 0.880. The van der Waals surface area contributed by atoms with Gasteiger partial charge in [-0.05, 0) is 37.8 Å². The van der Waals surface area contributed by atoms with Gasteiger partial charge < -0.3 is 5.73 Å². The van der Waals surface area contributed by atoms with Gasteiger partial charge in [-0.1, -0.05) is 0 Å². The summed E-state index contributed by atoms with van der Waals surface area (Å²) >= 11 is 1.57. The molecule has 98 valence electrons. The van der Waals surface area contributed by atoms with Gasteiger partial charge in [-0.2, -0.15) is 0 Å². The number of pyridine rings is 1. The Balaban J connectivity index is 1.75. The fourth-order valence-corrected chi connectivity index (χ4v) is 3.16. The number of carbonyl (C=O) groups excluding carboxylic acids is 1. The smallest absolute Gasteiger partial charge is 0.259 e. The van der Waals surface area contributed by atoms with E-state index in [0.29, 0.717) is 16.5 Å². The van der Waals surface area contributed by atoms with Crippen LogP contribution < -0.4 is 11.1 Å². The lowest BCUT2D eigenvalue weighted by Gasteiger charge is -2.06. The monoisotopic (exact) mass is 274 g/mol. The van der Waals surface area contributed by atoms with E-state index in [0.717, 1.165) is 18.5 Å². The summed E-state index contributed by atoms with van der Waals surface area (Å²) < 4.78 is 0. The molecule has 0 bridgehead atoms. The summed E-state index contributed by atoms with van der Waals surface area (Å²) in [4.78, 5) is 21.7. The highest BCUT2D eigenvalue weighted by atomic mass is 32.1. The third-order valence-corrected chi connectivity index (χ3v) is 4.19. The Morgan fingerprint density at radius 1 is 1.32 bits per heavy atom. The van der Waals surface area contributed by atoms with E-state index in [-0.39, 0.29) is 5.91 Å². The zero-order valence-electron chi connectivity index (χ0n) is 10.3. The molecule has 0 saturated carbocycles. The average Bonchev–Trinajstić information content (AvgIpc) is 2.81.